The van der Waals surface area contributed by atoms with Gasteiger partial charge >= 0.3 is 0 Å². The highest BCUT2D eigenvalue weighted by Crippen LogP contribution is 2.34. The van der Waals surface area contributed by atoms with E-state index in [9.17, 15) is 4.79 Å². The molecule has 2 heterocycles. The Labute approximate surface area is 147 Å². The van der Waals surface area contributed by atoms with Crippen molar-refractivity contribution < 1.29 is 4.79 Å². The summed E-state index contributed by atoms with van der Waals surface area (Å²) < 4.78 is 0. The van der Waals surface area contributed by atoms with Crippen LogP contribution in [-0.4, -0.2) is 34.9 Å². The monoisotopic (exact) mass is 343 g/mol. The zero-order chi connectivity index (χ0) is 16.9. The summed E-state index contributed by atoms with van der Waals surface area (Å²) in [5.74, 6) is 0.464. The maximum atomic E-state index is 13.0. The first-order chi connectivity index (χ1) is 11.7. The Morgan fingerprint density at radius 1 is 1.42 bits per heavy atom. The lowest BCUT2D eigenvalue weighted by Gasteiger charge is -2.31. The number of nitrogens with zero attached hydrogens (tertiary/aromatic N) is 2. The van der Waals surface area contributed by atoms with Gasteiger partial charge in [0.15, 0.2) is 0 Å². The molecule has 2 aromatic rings. The van der Waals surface area contributed by atoms with E-state index in [1.165, 1.54) is 16.9 Å². The van der Waals surface area contributed by atoms with E-state index in [0.29, 0.717) is 18.2 Å². The molecule has 3 rings (SSSR count). The number of rotatable bonds is 6. The van der Waals surface area contributed by atoms with Crippen molar-refractivity contribution in [3.05, 3.63) is 52.0 Å². The van der Waals surface area contributed by atoms with Crippen molar-refractivity contribution in [1.29, 1.82) is 0 Å². The average molecular weight is 343 g/mol. The van der Waals surface area contributed by atoms with Gasteiger partial charge in [-0.05, 0) is 31.4 Å². The zero-order valence-corrected chi connectivity index (χ0v) is 15.0. The van der Waals surface area contributed by atoms with Crippen LogP contribution in [0.25, 0.3) is 0 Å². The van der Waals surface area contributed by atoms with Crippen LogP contribution < -0.4 is 5.73 Å². The highest BCUT2D eigenvalue weighted by atomic mass is 32.1. The fourth-order valence-corrected chi connectivity index (χ4v) is 4.48. The van der Waals surface area contributed by atoms with E-state index in [1.807, 2.05) is 16.3 Å². The van der Waals surface area contributed by atoms with E-state index in [4.69, 9.17) is 5.73 Å². The fraction of sp³-hybridized carbons (Fsp3) is 0.474. The van der Waals surface area contributed by atoms with Crippen LogP contribution in [-0.2, 0) is 6.42 Å². The molecule has 0 bridgehead atoms. The summed E-state index contributed by atoms with van der Waals surface area (Å²) in [7, 11) is 0. The standard InChI is InChI=1S/C19H25N3OS/c1-2-15(14-7-4-3-5-8-14)17-9-6-12-22(17)19(23)16-13-24-18(21-16)10-11-20/h3-5,7-8,13,15,17H,2,6,9-12,20H2,1H3. The molecule has 1 amide bonds. The van der Waals surface area contributed by atoms with E-state index in [2.05, 4.69) is 36.2 Å². The third kappa shape index (κ3) is 3.52. The molecule has 1 saturated heterocycles. The molecule has 0 radical (unpaired) electrons. The van der Waals surface area contributed by atoms with Crippen LogP contribution in [0.5, 0.6) is 0 Å². The Balaban J connectivity index is 1.80. The number of benzene rings is 1. The molecule has 1 fully saturated rings. The van der Waals surface area contributed by atoms with Crippen LogP contribution in [0, 0.1) is 0 Å². The largest absolute Gasteiger partial charge is 0.334 e. The summed E-state index contributed by atoms with van der Waals surface area (Å²) in [6.45, 7) is 3.61. The summed E-state index contributed by atoms with van der Waals surface area (Å²) in [6, 6.07) is 10.8. The SMILES string of the molecule is CCC(c1ccccc1)C1CCCN1C(=O)c1csc(CCN)n1. The predicted molar refractivity (Wildman–Crippen MR) is 98.4 cm³/mol. The molecule has 0 aliphatic carbocycles. The number of nitrogens with two attached hydrogens (primary N) is 1. The molecule has 1 aromatic carbocycles. The second-order valence-electron chi connectivity index (χ2n) is 6.30. The van der Waals surface area contributed by atoms with Gasteiger partial charge in [-0.15, -0.1) is 11.3 Å². The van der Waals surface area contributed by atoms with Crippen LogP contribution in [0.1, 0.15) is 53.2 Å². The van der Waals surface area contributed by atoms with Gasteiger partial charge in [0.05, 0.1) is 5.01 Å². The van der Waals surface area contributed by atoms with Crippen molar-refractivity contribution in [1.82, 2.24) is 9.88 Å². The number of hydrogen-bond acceptors (Lipinski definition) is 4. The molecule has 1 aromatic heterocycles. The van der Waals surface area contributed by atoms with E-state index in [1.54, 1.807) is 0 Å². The van der Waals surface area contributed by atoms with Crippen LogP contribution in [0.2, 0.25) is 0 Å². The smallest absolute Gasteiger partial charge is 0.273 e. The first-order valence-electron chi connectivity index (χ1n) is 8.75. The minimum Gasteiger partial charge on any atom is -0.334 e. The molecule has 2 N–H and O–H groups in total. The Morgan fingerprint density at radius 3 is 2.92 bits per heavy atom. The first kappa shape index (κ1) is 17.1. The molecule has 4 nitrogen and oxygen atoms in total. The van der Waals surface area contributed by atoms with Gasteiger partial charge in [-0.25, -0.2) is 4.98 Å². The topological polar surface area (TPSA) is 59.2 Å². The lowest BCUT2D eigenvalue weighted by molar-refractivity contribution is 0.0709. The van der Waals surface area contributed by atoms with Crippen molar-refractivity contribution in [2.45, 2.75) is 44.6 Å². The van der Waals surface area contributed by atoms with Crippen molar-refractivity contribution in [2.75, 3.05) is 13.1 Å². The summed E-state index contributed by atoms with van der Waals surface area (Å²) in [5, 5.41) is 2.83. The maximum absolute atomic E-state index is 13.0. The first-order valence-corrected chi connectivity index (χ1v) is 9.63. The lowest BCUT2D eigenvalue weighted by Crippen LogP contribution is -2.39. The number of likely N-dealkylation sites (tertiary alicyclic amines) is 1. The van der Waals surface area contributed by atoms with Crippen LogP contribution in [0.4, 0.5) is 0 Å². The van der Waals surface area contributed by atoms with Gasteiger partial charge in [0.25, 0.3) is 5.91 Å². The number of amides is 1. The number of aromatic nitrogens is 1. The number of carbonyl (C=O) groups excluding carboxylic acids is 1. The van der Waals surface area contributed by atoms with E-state index in [0.717, 1.165) is 37.2 Å². The predicted octanol–water partition coefficient (Wildman–Crippen LogP) is 3.44. The number of carbonyl (C=O) groups is 1. The van der Waals surface area contributed by atoms with E-state index < -0.39 is 0 Å². The van der Waals surface area contributed by atoms with Crippen LogP contribution >= 0.6 is 11.3 Å². The van der Waals surface area contributed by atoms with E-state index in [-0.39, 0.29) is 11.9 Å². The zero-order valence-electron chi connectivity index (χ0n) is 14.1. The molecule has 2 atom stereocenters. The third-order valence-corrected chi connectivity index (χ3v) is 5.73. The van der Waals surface area contributed by atoms with Crippen molar-refractivity contribution >= 4 is 17.2 Å². The van der Waals surface area contributed by atoms with Gasteiger partial charge in [-0.2, -0.15) is 0 Å². The van der Waals surface area contributed by atoms with E-state index >= 15 is 0 Å². The Morgan fingerprint density at radius 2 is 2.21 bits per heavy atom. The van der Waals surface area contributed by atoms with Crippen molar-refractivity contribution in [3.63, 3.8) is 0 Å². The molecule has 128 valence electrons. The second kappa shape index (κ2) is 7.90. The Bertz CT molecular complexity index is 670. The maximum Gasteiger partial charge on any atom is 0.273 e. The number of hydrogen-bond donors (Lipinski definition) is 1. The molecule has 1 aliphatic rings. The Kier molecular flexibility index (Phi) is 5.63. The highest BCUT2D eigenvalue weighted by Gasteiger charge is 2.35. The van der Waals surface area contributed by atoms with Gasteiger partial charge in [-0.1, -0.05) is 37.3 Å². The summed E-state index contributed by atoms with van der Waals surface area (Å²) >= 11 is 1.53. The normalized spacial score (nSPS) is 18.8. The molecule has 1 aliphatic heterocycles. The quantitative estimate of drug-likeness (QED) is 0.874. The van der Waals surface area contributed by atoms with Crippen molar-refractivity contribution in [2.24, 2.45) is 5.73 Å². The minimum atomic E-state index is 0.0754. The number of thiazole rings is 1. The highest BCUT2D eigenvalue weighted by molar-refractivity contribution is 7.09. The molecule has 2 unspecified atom stereocenters. The molecule has 5 heteroatoms. The van der Waals surface area contributed by atoms with Gasteiger partial charge in [-0.3, -0.25) is 4.79 Å². The summed E-state index contributed by atoms with van der Waals surface area (Å²) in [4.78, 5) is 19.5. The summed E-state index contributed by atoms with van der Waals surface area (Å²) in [6.07, 6.45) is 3.91. The molecular weight excluding hydrogens is 318 g/mol. The van der Waals surface area contributed by atoms with Crippen molar-refractivity contribution in [3.8, 4) is 0 Å². The Hall–Kier alpha value is -1.72. The van der Waals surface area contributed by atoms with Crippen LogP contribution in [0.3, 0.4) is 0 Å². The molecule has 24 heavy (non-hydrogen) atoms. The minimum absolute atomic E-state index is 0.0754. The lowest BCUT2D eigenvalue weighted by atomic mass is 9.87. The van der Waals surface area contributed by atoms with Crippen LogP contribution in [0.15, 0.2) is 35.7 Å². The third-order valence-electron chi connectivity index (χ3n) is 4.82. The molecular formula is C19H25N3OS. The second-order valence-corrected chi connectivity index (χ2v) is 7.24. The average Bonchev–Trinajstić information content (AvgIpc) is 3.26. The van der Waals surface area contributed by atoms with Gasteiger partial charge < -0.3 is 10.6 Å². The van der Waals surface area contributed by atoms with Gasteiger partial charge in [0.2, 0.25) is 0 Å². The van der Waals surface area contributed by atoms with Gasteiger partial charge in [0, 0.05) is 30.3 Å². The van der Waals surface area contributed by atoms with Gasteiger partial charge in [0.1, 0.15) is 5.69 Å². The molecule has 0 saturated carbocycles. The molecule has 0 spiro atoms. The summed E-state index contributed by atoms with van der Waals surface area (Å²) in [5.41, 5.74) is 7.49. The fourth-order valence-electron chi connectivity index (χ4n) is 3.69.